The van der Waals surface area contributed by atoms with Crippen molar-refractivity contribution < 1.29 is 4.74 Å². The maximum Gasteiger partial charge on any atom is 0.0741 e. The number of rotatable bonds is 4. The second-order valence-electron chi connectivity index (χ2n) is 2.67. The predicted octanol–water partition coefficient (Wildman–Crippen LogP) is 1.75. The molecule has 0 aliphatic rings. The summed E-state index contributed by atoms with van der Waals surface area (Å²) in [4.78, 5) is 4.28. The van der Waals surface area contributed by atoms with E-state index in [2.05, 4.69) is 26.2 Å². The van der Waals surface area contributed by atoms with E-state index in [1.807, 2.05) is 19.2 Å². The summed E-state index contributed by atoms with van der Waals surface area (Å²) in [7, 11) is 3.58. The van der Waals surface area contributed by atoms with E-state index in [0.29, 0.717) is 6.61 Å². The van der Waals surface area contributed by atoms with Crippen molar-refractivity contribution in [1.82, 2.24) is 10.3 Å². The molecule has 0 spiro atoms. The Kier molecular flexibility index (Phi) is 4.35. The normalized spacial score (nSPS) is 12.8. The molecule has 0 saturated carbocycles. The van der Waals surface area contributed by atoms with E-state index in [4.69, 9.17) is 4.74 Å². The van der Waals surface area contributed by atoms with Gasteiger partial charge in [-0.25, -0.2) is 0 Å². The van der Waals surface area contributed by atoms with Crippen molar-refractivity contribution in [2.75, 3.05) is 20.8 Å². The largest absolute Gasteiger partial charge is 0.383 e. The van der Waals surface area contributed by atoms with Crippen LogP contribution in [0.2, 0.25) is 0 Å². The molecule has 0 aromatic carbocycles. The molecule has 4 heteroatoms. The van der Waals surface area contributed by atoms with E-state index in [-0.39, 0.29) is 6.04 Å². The Balaban J connectivity index is 2.84. The minimum atomic E-state index is 0.139. The number of nitrogens with one attached hydrogen (secondary N) is 1. The number of aromatic nitrogens is 1. The van der Waals surface area contributed by atoms with Crippen molar-refractivity contribution in [3.05, 3.63) is 28.5 Å². The molecule has 0 aliphatic heterocycles. The molecule has 0 saturated heterocycles. The molecule has 3 nitrogen and oxygen atoms in total. The second kappa shape index (κ2) is 5.32. The second-order valence-corrected chi connectivity index (χ2v) is 3.52. The zero-order chi connectivity index (χ0) is 9.68. The van der Waals surface area contributed by atoms with Gasteiger partial charge in [0.05, 0.1) is 18.3 Å². The van der Waals surface area contributed by atoms with Crippen molar-refractivity contribution in [3.8, 4) is 0 Å². The fourth-order valence-electron chi connectivity index (χ4n) is 1.12. The molecular formula is C9H13BrN2O. The van der Waals surface area contributed by atoms with Crippen LogP contribution in [0.25, 0.3) is 0 Å². The molecule has 1 aromatic heterocycles. The highest BCUT2D eigenvalue weighted by Crippen LogP contribution is 2.20. The number of hydrogen-bond acceptors (Lipinski definition) is 3. The molecule has 1 atom stereocenters. The van der Waals surface area contributed by atoms with E-state index < -0.39 is 0 Å². The number of pyridine rings is 1. The molecule has 0 bridgehead atoms. The first-order valence-corrected chi connectivity index (χ1v) is 4.85. The average molecular weight is 245 g/mol. The Bertz CT molecular complexity index is 268. The lowest BCUT2D eigenvalue weighted by Crippen LogP contribution is -2.22. The monoisotopic (exact) mass is 244 g/mol. The van der Waals surface area contributed by atoms with Gasteiger partial charge < -0.3 is 10.1 Å². The first kappa shape index (κ1) is 10.6. The minimum absolute atomic E-state index is 0.139. The van der Waals surface area contributed by atoms with Crippen LogP contribution >= 0.6 is 15.9 Å². The SMILES string of the molecule is CNC(COC)c1ncccc1Br. The lowest BCUT2D eigenvalue weighted by atomic mass is 10.2. The topological polar surface area (TPSA) is 34.1 Å². The van der Waals surface area contributed by atoms with Gasteiger partial charge in [0.25, 0.3) is 0 Å². The third kappa shape index (κ3) is 2.76. The maximum absolute atomic E-state index is 5.08. The van der Waals surface area contributed by atoms with Crippen molar-refractivity contribution >= 4 is 15.9 Å². The van der Waals surface area contributed by atoms with Crippen LogP contribution in [0.4, 0.5) is 0 Å². The predicted molar refractivity (Wildman–Crippen MR) is 55.6 cm³/mol. The van der Waals surface area contributed by atoms with Crippen LogP contribution in [0.3, 0.4) is 0 Å². The van der Waals surface area contributed by atoms with Crippen molar-refractivity contribution in [3.63, 3.8) is 0 Å². The highest BCUT2D eigenvalue weighted by atomic mass is 79.9. The Morgan fingerprint density at radius 2 is 2.46 bits per heavy atom. The lowest BCUT2D eigenvalue weighted by molar-refractivity contribution is 0.168. The molecule has 1 rings (SSSR count). The van der Waals surface area contributed by atoms with Crippen LogP contribution in [0, 0.1) is 0 Å². The van der Waals surface area contributed by atoms with Crippen LogP contribution in [0.15, 0.2) is 22.8 Å². The molecule has 1 heterocycles. The van der Waals surface area contributed by atoms with Crippen molar-refractivity contribution in [1.29, 1.82) is 0 Å². The van der Waals surface area contributed by atoms with Crippen LogP contribution in [0.1, 0.15) is 11.7 Å². The Hall–Kier alpha value is -0.450. The number of nitrogens with zero attached hydrogens (tertiary/aromatic N) is 1. The van der Waals surface area contributed by atoms with Crippen LogP contribution in [0.5, 0.6) is 0 Å². The van der Waals surface area contributed by atoms with Gasteiger partial charge in [-0.2, -0.15) is 0 Å². The van der Waals surface area contributed by atoms with Gasteiger partial charge in [0.15, 0.2) is 0 Å². The highest BCUT2D eigenvalue weighted by molar-refractivity contribution is 9.10. The smallest absolute Gasteiger partial charge is 0.0741 e. The Labute approximate surface area is 86.6 Å². The zero-order valence-electron chi connectivity index (χ0n) is 7.75. The van der Waals surface area contributed by atoms with Gasteiger partial charge in [-0.05, 0) is 35.1 Å². The van der Waals surface area contributed by atoms with E-state index in [0.717, 1.165) is 10.2 Å². The fraction of sp³-hybridized carbons (Fsp3) is 0.444. The van der Waals surface area contributed by atoms with Gasteiger partial charge in [0.2, 0.25) is 0 Å². The summed E-state index contributed by atoms with van der Waals surface area (Å²) in [6.07, 6.45) is 1.78. The standard InChI is InChI=1S/C9H13BrN2O/c1-11-8(6-13-2)9-7(10)4-3-5-12-9/h3-5,8,11H,6H2,1-2H3. The van der Waals surface area contributed by atoms with Gasteiger partial charge >= 0.3 is 0 Å². The summed E-state index contributed by atoms with van der Waals surface area (Å²) in [5, 5.41) is 3.14. The molecule has 0 amide bonds. The third-order valence-corrected chi connectivity index (χ3v) is 2.47. The van der Waals surface area contributed by atoms with E-state index in [1.165, 1.54) is 0 Å². The first-order valence-electron chi connectivity index (χ1n) is 4.06. The Morgan fingerprint density at radius 1 is 1.69 bits per heavy atom. The third-order valence-electron chi connectivity index (χ3n) is 1.80. The van der Waals surface area contributed by atoms with Crippen molar-refractivity contribution in [2.24, 2.45) is 0 Å². The molecule has 13 heavy (non-hydrogen) atoms. The van der Waals surface area contributed by atoms with E-state index >= 15 is 0 Å². The summed E-state index contributed by atoms with van der Waals surface area (Å²) < 4.78 is 6.09. The van der Waals surface area contributed by atoms with E-state index in [9.17, 15) is 0 Å². The lowest BCUT2D eigenvalue weighted by Gasteiger charge is -2.15. The van der Waals surface area contributed by atoms with E-state index in [1.54, 1.807) is 13.3 Å². The summed E-state index contributed by atoms with van der Waals surface area (Å²) in [5.41, 5.74) is 0.979. The summed E-state index contributed by atoms with van der Waals surface area (Å²) in [6.45, 7) is 0.617. The molecule has 0 aliphatic carbocycles. The summed E-state index contributed by atoms with van der Waals surface area (Å²) in [6, 6.07) is 4.01. The molecule has 1 N–H and O–H groups in total. The van der Waals surface area contributed by atoms with Gasteiger partial charge in [0, 0.05) is 17.8 Å². The number of ether oxygens (including phenoxy) is 1. The molecule has 72 valence electrons. The average Bonchev–Trinajstić information content (AvgIpc) is 2.16. The fourth-order valence-corrected chi connectivity index (χ4v) is 1.65. The zero-order valence-corrected chi connectivity index (χ0v) is 9.34. The quantitative estimate of drug-likeness (QED) is 0.877. The van der Waals surface area contributed by atoms with Gasteiger partial charge in [-0.1, -0.05) is 0 Å². The molecular weight excluding hydrogens is 232 g/mol. The van der Waals surface area contributed by atoms with Crippen LogP contribution in [-0.4, -0.2) is 25.7 Å². The van der Waals surface area contributed by atoms with Gasteiger partial charge in [-0.15, -0.1) is 0 Å². The number of likely N-dealkylation sites (N-methyl/N-ethyl adjacent to an activating group) is 1. The van der Waals surface area contributed by atoms with Crippen molar-refractivity contribution in [2.45, 2.75) is 6.04 Å². The Morgan fingerprint density at radius 3 is 3.00 bits per heavy atom. The molecule has 0 fully saturated rings. The van der Waals surface area contributed by atoms with Gasteiger partial charge in [0.1, 0.15) is 0 Å². The number of methoxy groups -OCH3 is 1. The van der Waals surface area contributed by atoms with Gasteiger partial charge in [-0.3, -0.25) is 4.98 Å². The maximum atomic E-state index is 5.08. The molecule has 1 unspecified atom stereocenters. The first-order chi connectivity index (χ1) is 6.29. The van der Waals surface area contributed by atoms with Crippen LogP contribution in [-0.2, 0) is 4.74 Å². The minimum Gasteiger partial charge on any atom is -0.383 e. The molecule has 0 radical (unpaired) electrons. The highest BCUT2D eigenvalue weighted by Gasteiger charge is 2.12. The summed E-state index contributed by atoms with van der Waals surface area (Å²) >= 11 is 3.45. The summed E-state index contributed by atoms with van der Waals surface area (Å²) in [5.74, 6) is 0. The number of hydrogen-bond donors (Lipinski definition) is 1. The van der Waals surface area contributed by atoms with Crippen LogP contribution < -0.4 is 5.32 Å². The molecule has 1 aromatic rings. The number of halogens is 1.